The average molecular weight is 257 g/mol. The first-order chi connectivity index (χ1) is 7.94. The Morgan fingerprint density at radius 3 is 2.82 bits per heavy atom. The Morgan fingerprint density at radius 1 is 1.53 bits per heavy atom. The third-order valence-corrected chi connectivity index (χ3v) is 3.50. The Balaban J connectivity index is 2.52. The summed E-state index contributed by atoms with van der Waals surface area (Å²) in [5, 5.41) is 13.2. The van der Waals surface area contributed by atoms with E-state index in [-0.39, 0.29) is 11.9 Å². The number of thioether (sulfide) groups is 1. The van der Waals surface area contributed by atoms with Gasteiger partial charge in [-0.25, -0.2) is 4.39 Å². The van der Waals surface area contributed by atoms with Crippen LogP contribution < -0.4 is 5.32 Å². The van der Waals surface area contributed by atoms with Gasteiger partial charge >= 0.3 is 0 Å². The number of hydrogen-bond donors (Lipinski definition) is 2. The molecule has 0 radical (unpaired) electrons. The maximum absolute atomic E-state index is 13.0. The molecular formula is C13H20FNOS. The zero-order chi connectivity index (χ0) is 12.9. The molecule has 0 aromatic heterocycles. The molecule has 2 unspecified atom stereocenters. The fourth-order valence-corrected chi connectivity index (χ4v) is 2.35. The molecule has 0 aliphatic rings. The standard InChI is InChI=1S/C13H20FNOS/c1-10(11-5-4-6-12(14)7-11)15-8-13(2,16)9-17-3/h4-7,10,15-16H,8-9H2,1-3H3. The van der Waals surface area contributed by atoms with E-state index in [2.05, 4.69) is 5.32 Å². The summed E-state index contributed by atoms with van der Waals surface area (Å²) in [5.74, 6) is 0.447. The zero-order valence-corrected chi connectivity index (χ0v) is 11.4. The molecule has 0 saturated carbocycles. The lowest BCUT2D eigenvalue weighted by atomic mass is 10.1. The van der Waals surface area contributed by atoms with Crippen molar-refractivity contribution in [3.05, 3.63) is 35.6 Å². The lowest BCUT2D eigenvalue weighted by Crippen LogP contribution is -2.40. The molecular weight excluding hydrogens is 237 g/mol. The predicted molar refractivity (Wildman–Crippen MR) is 71.8 cm³/mol. The van der Waals surface area contributed by atoms with E-state index in [0.29, 0.717) is 12.3 Å². The lowest BCUT2D eigenvalue weighted by Gasteiger charge is -2.25. The highest BCUT2D eigenvalue weighted by atomic mass is 32.2. The van der Waals surface area contributed by atoms with E-state index in [1.54, 1.807) is 24.8 Å². The highest BCUT2D eigenvalue weighted by Gasteiger charge is 2.20. The van der Waals surface area contributed by atoms with E-state index >= 15 is 0 Å². The third-order valence-electron chi connectivity index (χ3n) is 2.59. The van der Waals surface area contributed by atoms with Crippen molar-refractivity contribution in [2.24, 2.45) is 0 Å². The van der Waals surface area contributed by atoms with Gasteiger partial charge in [-0.15, -0.1) is 0 Å². The lowest BCUT2D eigenvalue weighted by molar-refractivity contribution is 0.0820. The topological polar surface area (TPSA) is 32.3 Å². The molecule has 0 heterocycles. The molecule has 4 heteroatoms. The molecule has 2 atom stereocenters. The molecule has 1 rings (SSSR count). The molecule has 2 N–H and O–H groups in total. The Kier molecular flexibility index (Phi) is 5.43. The Bertz CT molecular complexity index is 357. The van der Waals surface area contributed by atoms with E-state index in [1.807, 2.05) is 19.2 Å². The molecule has 1 aromatic carbocycles. The van der Waals surface area contributed by atoms with Crippen molar-refractivity contribution >= 4 is 11.8 Å². The highest BCUT2D eigenvalue weighted by Crippen LogP contribution is 2.15. The summed E-state index contributed by atoms with van der Waals surface area (Å²) < 4.78 is 13.0. The zero-order valence-electron chi connectivity index (χ0n) is 10.5. The number of aliphatic hydroxyl groups is 1. The van der Waals surface area contributed by atoms with Crippen LogP contribution in [0.3, 0.4) is 0 Å². The molecule has 0 fully saturated rings. The van der Waals surface area contributed by atoms with Crippen LogP contribution in [0.25, 0.3) is 0 Å². The van der Waals surface area contributed by atoms with Gasteiger partial charge in [0.25, 0.3) is 0 Å². The minimum Gasteiger partial charge on any atom is -0.388 e. The van der Waals surface area contributed by atoms with Crippen LogP contribution in [-0.4, -0.2) is 29.3 Å². The monoisotopic (exact) mass is 257 g/mol. The number of benzene rings is 1. The van der Waals surface area contributed by atoms with Crippen molar-refractivity contribution in [2.45, 2.75) is 25.5 Å². The second-order valence-electron chi connectivity index (χ2n) is 4.59. The molecule has 0 amide bonds. The molecule has 0 aliphatic heterocycles. The summed E-state index contributed by atoms with van der Waals surface area (Å²) in [6.07, 6.45) is 1.96. The number of halogens is 1. The van der Waals surface area contributed by atoms with Crippen molar-refractivity contribution in [3.63, 3.8) is 0 Å². The Morgan fingerprint density at radius 2 is 2.24 bits per heavy atom. The van der Waals surface area contributed by atoms with Gasteiger partial charge in [0.15, 0.2) is 0 Å². The van der Waals surface area contributed by atoms with Crippen LogP contribution in [0.1, 0.15) is 25.5 Å². The summed E-state index contributed by atoms with van der Waals surface area (Å²) >= 11 is 1.61. The van der Waals surface area contributed by atoms with Crippen molar-refractivity contribution < 1.29 is 9.50 Å². The van der Waals surface area contributed by atoms with Crippen molar-refractivity contribution in [1.82, 2.24) is 5.32 Å². The Labute approximate surface area is 107 Å². The second-order valence-corrected chi connectivity index (χ2v) is 5.45. The Hall–Kier alpha value is -0.580. The van der Waals surface area contributed by atoms with E-state index in [1.165, 1.54) is 12.1 Å². The summed E-state index contributed by atoms with van der Waals surface area (Å²) in [6, 6.07) is 6.55. The van der Waals surface area contributed by atoms with Crippen molar-refractivity contribution in [1.29, 1.82) is 0 Å². The fourth-order valence-electron chi connectivity index (χ4n) is 1.63. The summed E-state index contributed by atoms with van der Waals surface area (Å²) in [5.41, 5.74) is 0.158. The van der Waals surface area contributed by atoms with Crippen LogP contribution >= 0.6 is 11.8 Å². The summed E-state index contributed by atoms with van der Waals surface area (Å²) in [7, 11) is 0. The highest BCUT2D eigenvalue weighted by molar-refractivity contribution is 7.98. The van der Waals surface area contributed by atoms with Gasteiger partial charge in [0.1, 0.15) is 5.82 Å². The first-order valence-electron chi connectivity index (χ1n) is 5.65. The van der Waals surface area contributed by atoms with Crippen LogP contribution in [0.4, 0.5) is 4.39 Å². The number of rotatable bonds is 6. The molecule has 0 aliphatic carbocycles. The first-order valence-corrected chi connectivity index (χ1v) is 7.04. The minimum atomic E-state index is -0.735. The smallest absolute Gasteiger partial charge is 0.123 e. The van der Waals surface area contributed by atoms with Crippen molar-refractivity contribution in [2.75, 3.05) is 18.6 Å². The first kappa shape index (κ1) is 14.5. The number of nitrogens with one attached hydrogen (secondary N) is 1. The average Bonchev–Trinajstić information content (AvgIpc) is 2.26. The van der Waals surface area contributed by atoms with E-state index in [9.17, 15) is 9.50 Å². The fraction of sp³-hybridized carbons (Fsp3) is 0.538. The normalized spacial score (nSPS) is 16.5. The van der Waals surface area contributed by atoms with Gasteiger partial charge in [-0.2, -0.15) is 11.8 Å². The van der Waals surface area contributed by atoms with Gasteiger partial charge in [0, 0.05) is 18.3 Å². The van der Waals surface area contributed by atoms with Gasteiger partial charge in [-0.3, -0.25) is 0 Å². The second kappa shape index (κ2) is 6.38. The van der Waals surface area contributed by atoms with Crippen LogP contribution in [0.2, 0.25) is 0 Å². The van der Waals surface area contributed by atoms with E-state index in [0.717, 1.165) is 5.56 Å². The van der Waals surface area contributed by atoms with Gasteiger partial charge in [0.2, 0.25) is 0 Å². The summed E-state index contributed by atoms with van der Waals surface area (Å²) in [4.78, 5) is 0. The molecule has 1 aromatic rings. The van der Waals surface area contributed by atoms with Gasteiger partial charge < -0.3 is 10.4 Å². The molecule has 0 bridgehead atoms. The predicted octanol–water partition coefficient (Wildman–Crippen LogP) is 2.59. The van der Waals surface area contributed by atoms with Crippen LogP contribution in [0.15, 0.2) is 24.3 Å². The van der Waals surface area contributed by atoms with Gasteiger partial charge in [-0.05, 0) is 37.8 Å². The molecule has 0 spiro atoms. The molecule has 2 nitrogen and oxygen atoms in total. The van der Waals surface area contributed by atoms with Crippen molar-refractivity contribution in [3.8, 4) is 0 Å². The molecule has 0 saturated heterocycles. The van der Waals surface area contributed by atoms with Gasteiger partial charge in [-0.1, -0.05) is 12.1 Å². The maximum atomic E-state index is 13.0. The summed E-state index contributed by atoms with van der Waals surface area (Å²) in [6.45, 7) is 4.25. The number of hydrogen-bond acceptors (Lipinski definition) is 3. The van der Waals surface area contributed by atoms with Crippen LogP contribution in [0, 0.1) is 5.82 Å². The SMILES string of the molecule is CSCC(C)(O)CNC(C)c1cccc(F)c1. The van der Waals surface area contributed by atoms with E-state index in [4.69, 9.17) is 0 Å². The maximum Gasteiger partial charge on any atom is 0.123 e. The van der Waals surface area contributed by atoms with Gasteiger partial charge in [0.05, 0.1) is 5.60 Å². The molecule has 17 heavy (non-hydrogen) atoms. The quantitative estimate of drug-likeness (QED) is 0.821. The van der Waals surface area contributed by atoms with Crippen LogP contribution in [-0.2, 0) is 0 Å². The minimum absolute atomic E-state index is 0.0269. The van der Waals surface area contributed by atoms with E-state index < -0.39 is 5.60 Å². The third kappa shape index (κ3) is 5.06. The molecule has 96 valence electrons. The largest absolute Gasteiger partial charge is 0.388 e. The van der Waals surface area contributed by atoms with Crippen LogP contribution in [0.5, 0.6) is 0 Å².